The second-order valence-electron chi connectivity index (χ2n) is 31.7. The van der Waals surface area contributed by atoms with Crippen LogP contribution in [0.3, 0.4) is 0 Å². The molecule has 0 N–H and O–H groups in total. The quantitative estimate of drug-likeness (QED) is 0.0371. The second kappa shape index (κ2) is 31.2. The first-order valence-corrected chi connectivity index (χ1v) is 42.9. The van der Waals surface area contributed by atoms with Crippen LogP contribution in [0, 0.1) is 110 Å². The first-order chi connectivity index (χ1) is 45.7. The average Bonchev–Trinajstić information content (AvgIpc) is 1.54. The minimum absolute atomic E-state index is 0. The Labute approximate surface area is 607 Å². The molecular formula is C73H99NaO18S5. The van der Waals surface area contributed by atoms with E-state index in [4.69, 9.17) is 28.4 Å². The van der Waals surface area contributed by atoms with Crippen LogP contribution in [0.25, 0.3) is 0 Å². The molecule has 16 bridgehead atoms. The Bertz CT molecular complexity index is 3150. The number of hydrogen-bond acceptors (Lipinski definition) is 19. The van der Waals surface area contributed by atoms with Crippen molar-refractivity contribution in [3.8, 4) is 11.5 Å². The van der Waals surface area contributed by atoms with Crippen LogP contribution in [0.4, 0.5) is 0 Å². The van der Waals surface area contributed by atoms with Crippen molar-refractivity contribution < 1.29 is 113 Å². The van der Waals surface area contributed by atoms with Crippen molar-refractivity contribution in [3.05, 3.63) is 46.5 Å². The summed E-state index contributed by atoms with van der Waals surface area (Å²) in [5.74, 6) is 7.45. The van der Waals surface area contributed by atoms with Gasteiger partial charge in [-0.3, -0.25) is 28.8 Å². The molecule has 18 nitrogen and oxygen atoms in total. The summed E-state index contributed by atoms with van der Waals surface area (Å²) in [6.07, 6.45) is 28.1. The zero-order valence-corrected chi connectivity index (χ0v) is 63.6. The maximum Gasteiger partial charge on any atom is 1.00 e. The molecule has 2 aromatic carbocycles. The number of fused-ring (bicyclic) bond motifs is 2. The maximum absolute atomic E-state index is 13.3. The van der Waals surface area contributed by atoms with E-state index in [1.54, 1.807) is 6.26 Å². The van der Waals surface area contributed by atoms with Gasteiger partial charge in [0.05, 0.1) is 22.7 Å². The van der Waals surface area contributed by atoms with Crippen molar-refractivity contribution in [2.24, 2.45) is 81.8 Å². The van der Waals surface area contributed by atoms with Gasteiger partial charge in [-0.2, -0.15) is 6.26 Å². The molecule has 0 spiro atoms. The Hall–Kier alpha value is -2.87. The molecule has 2 aromatic rings. The van der Waals surface area contributed by atoms with Gasteiger partial charge in [0, 0.05) is 33.6 Å². The van der Waals surface area contributed by atoms with Gasteiger partial charge in [0.1, 0.15) is 90.7 Å². The molecule has 18 fully saturated rings. The fraction of sp³-hybridized carbons (Fsp3) is 0.753. The van der Waals surface area contributed by atoms with E-state index in [1.165, 1.54) is 110 Å². The van der Waals surface area contributed by atoms with E-state index in [1.807, 2.05) is 0 Å². The van der Waals surface area contributed by atoms with Crippen LogP contribution in [0.1, 0.15) is 189 Å². The Balaban J connectivity index is 0.000000131. The molecule has 6 heterocycles. The van der Waals surface area contributed by atoms with E-state index in [-0.39, 0.29) is 87.9 Å². The number of esters is 6. The third-order valence-corrected chi connectivity index (χ3v) is 30.3. The normalized spacial score (nSPS) is 36.0. The van der Waals surface area contributed by atoms with Crippen LogP contribution in [-0.4, -0.2) is 127 Å². The van der Waals surface area contributed by atoms with Gasteiger partial charge in [-0.05, 0) is 288 Å². The molecule has 6 aliphatic heterocycles. The third kappa shape index (κ3) is 17.7. The van der Waals surface area contributed by atoms with Gasteiger partial charge >= 0.3 is 65.4 Å². The average molecular weight is 1450 g/mol. The molecule has 0 amide bonds. The Morgan fingerprint density at radius 1 is 0.464 bits per heavy atom. The zero-order chi connectivity index (χ0) is 68.2. The molecule has 20 rings (SSSR count). The van der Waals surface area contributed by atoms with E-state index in [2.05, 4.69) is 64.6 Å². The maximum atomic E-state index is 13.3. The van der Waals surface area contributed by atoms with Crippen molar-refractivity contribution in [1.29, 1.82) is 0 Å². The molecule has 0 aromatic heterocycles. The molecule has 6 saturated heterocycles. The Morgan fingerprint density at radius 2 is 0.763 bits per heavy atom. The standard InChI is InChI=1S/2C24H33O2S.2C12H16O7S.CH4S.Na/c2*1-16-8-21(27-6-4-3-5-7-27)9-17(2)22(16)26-23(25)24-13-18-10-19(14-24)12-20(11-18)15-24;2*13-10(5-20(15,16)17)19-11-7-1-6-2-8(4-7)12(14)18-9(11)3-6;1-2;/h2*8-9,18-20H,3-7,10-15H2,1-2H3;2*6-9,11H,1-5H2,(H,15,16,17);2H,1H3;/q2*+1;;;;+1/p-3. The number of hydrogen-bond donors (Lipinski definition) is 0. The molecule has 18 aliphatic rings. The van der Waals surface area contributed by atoms with Gasteiger partial charge in [-0.15, -0.1) is 0 Å². The van der Waals surface area contributed by atoms with E-state index in [9.17, 15) is 54.7 Å². The van der Waals surface area contributed by atoms with Crippen molar-refractivity contribution in [2.45, 2.75) is 229 Å². The van der Waals surface area contributed by atoms with Crippen molar-refractivity contribution in [3.63, 3.8) is 0 Å². The molecule has 12 saturated carbocycles. The predicted octanol–water partition coefficient (Wildman–Crippen LogP) is 7.95. The van der Waals surface area contributed by atoms with Crippen LogP contribution >= 0.6 is 0 Å². The predicted molar refractivity (Wildman–Crippen MR) is 363 cm³/mol. The number of benzene rings is 2. The SMILES string of the molecule is C[S-].Cc1cc([S+]2CCCCC2)cc(C)c1OC(=O)C12CC3CC(CC(C3)C1)C2.Cc1cc([S+]2CCCCC2)cc(C)c1OC(=O)C12CC3CC(CC(C3)C1)C2.O=C(CS(=O)(=O)[O-])OC1C2CC3CC(C2)C(=O)OC1C3.O=C(CS(=O)(=O)[O-])OC1C2CC3CC(C2)C(=O)OC1C3.[Na+]. The number of aryl methyl sites for hydroxylation is 4. The van der Waals surface area contributed by atoms with Crippen LogP contribution < -0.4 is 39.0 Å². The number of ether oxygens (including phenoxy) is 6. The topological polar surface area (TPSA) is 272 Å². The van der Waals surface area contributed by atoms with E-state index in [0.29, 0.717) is 59.3 Å². The van der Waals surface area contributed by atoms with Crippen LogP contribution in [0.5, 0.6) is 11.5 Å². The summed E-state index contributed by atoms with van der Waals surface area (Å²) in [6.45, 7) is 8.52. The number of carbonyl (C=O) groups is 6. The summed E-state index contributed by atoms with van der Waals surface area (Å²) >= 11 is 4.08. The molecule has 0 radical (unpaired) electrons. The minimum atomic E-state index is -4.65. The zero-order valence-electron chi connectivity index (χ0n) is 57.6. The monoisotopic (exact) mass is 1450 g/mol. The summed E-state index contributed by atoms with van der Waals surface area (Å²) in [5, 5.41) is 0. The van der Waals surface area contributed by atoms with Gasteiger partial charge in [0.15, 0.2) is 9.79 Å². The summed E-state index contributed by atoms with van der Waals surface area (Å²) in [4.78, 5) is 76.3. The first-order valence-electron chi connectivity index (χ1n) is 35.8. The third-order valence-electron chi connectivity index (χ3n) is 24.2. The molecule has 10 atom stereocenters. The summed E-state index contributed by atoms with van der Waals surface area (Å²) in [6, 6.07) is 9.24. The fourth-order valence-electron chi connectivity index (χ4n) is 21.3. The smallest absolute Gasteiger partial charge is 0.796 e. The number of rotatable bonds is 12. The largest absolute Gasteiger partial charge is 1.00 e. The summed E-state index contributed by atoms with van der Waals surface area (Å²) < 4.78 is 96.7. The van der Waals surface area contributed by atoms with Crippen LogP contribution in [-0.2, 0) is 102 Å². The second-order valence-corrected chi connectivity index (χ2v) is 39.0. The van der Waals surface area contributed by atoms with Crippen LogP contribution in [0.15, 0.2) is 34.1 Å². The molecule has 24 heteroatoms. The number of carbonyl (C=O) groups excluding carboxylic acids is 6. The van der Waals surface area contributed by atoms with Gasteiger partial charge in [0.25, 0.3) is 0 Å². The van der Waals surface area contributed by atoms with Gasteiger partial charge in [0.2, 0.25) is 0 Å². The van der Waals surface area contributed by atoms with Crippen LogP contribution in [0.2, 0.25) is 0 Å². The van der Waals surface area contributed by atoms with Crippen molar-refractivity contribution >= 4 is 90.5 Å². The Morgan fingerprint density at radius 3 is 1.05 bits per heavy atom. The minimum Gasteiger partial charge on any atom is -0.796 e. The molecule has 530 valence electrons. The molecular weight excluding hydrogens is 1350 g/mol. The van der Waals surface area contributed by atoms with E-state index in [0.717, 1.165) is 133 Å². The fourth-order valence-corrected chi connectivity index (χ4v) is 26.9. The molecule has 10 unspecified atom stereocenters. The molecule has 12 aliphatic carbocycles. The molecule has 97 heavy (non-hydrogen) atoms. The van der Waals surface area contributed by atoms with E-state index < -0.39 is 68.1 Å². The summed E-state index contributed by atoms with van der Waals surface area (Å²) in [7, 11) is -8.50. The van der Waals surface area contributed by atoms with Crippen molar-refractivity contribution in [1.82, 2.24) is 0 Å². The Kier molecular flexibility index (Phi) is 24.2. The van der Waals surface area contributed by atoms with E-state index >= 15 is 0 Å². The van der Waals surface area contributed by atoms with Gasteiger partial charge < -0.3 is 50.2 Å². The van der Waals surface area contributed by atoms with Gasteiger partial charge in [-0.25, -0.2) is 16.8 Å². The summed E-state index contributed by atoms with van der Waals surface area (Å²) in [5.41, 5.74) is 4.28. The van der Waals surface area contributed by atoms with Gasteiger partial charge in [-0.1, -0.05) is 0 Å². The van der Waals surface area contributed by atoms with Crippen molar-refractivity contribution in [2.75, 3.05) is 40.8 Å². The first kappa shape index (κ1) is 75.3.